The molecule has 0 spiro atoms. The number of carbonyl (C=O) groups excluding carboxylic acids is 2. The molecule has 6 nitrogen and oxygen atoms in total. The maximum Gasteiger partial charge on any atom is 0.198 e. The maximum atomic E-state index is 14.3. The SMILES string of the molecule is Cc1ncc(C(N)C(=O)[C@@H](N)CC(C)C)n1-c1ccc(Cl)cc1C(=O)c1ccccc1F. The van der Waals surface area contributed by atoms with Gasteiger partial charge >= 0.3 is 0 Å². The predicted molar refractivity (Wildman–Crippen MR) is 123 cm³/mol. The van der Waals surface area contributed by atoms with Crippen LogP contribution in [0.4, 0.5) is 4.39 Å². The van der Waals surface area contributed by atoms with E-state index < -0.39 is 23.7 Å². The molecular weight excluding hydrogens is 431 g/mol. The number of carbonyl (C=O) groups is 2. The van der Waals surface area contributed by atoms with Gasteiger partial charge in [-0.1, -0.05) is 37.6 Å². The second kappa shape index (κ2) is 9.73. The molecule has 0 saturated heterocycles. The first-order valence-corrected chi connectivity index (χ1v) is 10.7. The van der Waals surface area contributed by atoms with E-state index in [2.05, 4.69) is 4.98 Å². The summed E-state index contributed by atoms with van der Waals surface area (Å²) in [5.74, 6) is -0.774. The van der Waals surface area contributed by atoms with Crippen molar-refractivity contribution in [3.8, 4) is 5.69 Å². The van der Waals surface area contributed by atoms with Gasteiger partial charge in [0.1, 0.15) is 17.7 Å². The Bertz CT molecular complexity index is 1160. The third-order valence-electron chi connectivity index (χ3n) is 5.24. The van der Waals surface area contributed by atoms with Gasteiger partial charge in [0.2, 0.25) is 0 Å². The second-order valence-electron chi connectivity index (χ2n) is 8.15. The van der Waals surface area contributed by atoms with Crippen molar-refractivity contribution in [3.63, 3.8) is 0 Å². The third-order valence-corrected chi connectivity index (χ3v) is 5.48. The minimum absolute atomic E-state index is 0.0883. The number of benzene rings is 2. The van der Waals surface area contributed by atoms with Crippen LogP contribution in [0.25, 0.3) is 5.69 Å². The molecule has 32 heavy (non-hydrogen) atoms. The molecule has 2 aromatic carbocycles. The highest BCUT2D eigenvalue weighted by Crippen LogP contribution is 2.28. The Hall–Kier alpha value is -2.87. The first kappa shape index (κ1) is 23.8. The molecule has 8 heteroatoms. The third kappa shape index (κ3) is 4.80. The zero-order chi connectivity index (χ0) is 23.6. The van der Waals surface area contributed by atoms with Crippen LogP contribution in [0.5, 0.6) is 0 Å². The normalized spacial score (nSPS) is 13.2. The zero-order valence-electron chi connectivity index (χ0n) is 18.2. The quantitative estimate of drug-likeness (QED) is 0.495. The number of nitrogens with zero attached hydrogens (tertiary/aromatic N) is 2. The van der Waals surface area contributed by atoms with Gasteiger partial charge in [-0.2, -0.15) is 0 Å². The highest BCUT2D eigenvalue weighted by molar-refractivity contribution is 6.31. The molecule has 0 amide bonds. The molecular formula is C24H26ClFN4O2. The van der Waals surface area contributed by atoms with E-state index in [0.717, 1.165) is 0 Å². The van der Waals surface area contributed by atoms with Gasteiger partial charge in [0, 0.05) is 10.6 Å². The number of halogens is 2. The number of imidazole rings is 1. The molecule has 0 aliphatic carbocycles. The Morgan fingerprint density at radius 2 is 1.81 bits per heavy atom. The molecule has 0 aliphatic rings. The van der Waals surface area contributed by atoms with Crippen LogP contribution >= 0.6 is 11.6 Å². The van der Waals surface area contributed by atoms with Gasteiger partial charge in [-0.25, -0.2) is 9.37 Å². The standard InChI is InChI=1S/C24H26ClFN4O2/c1-13(2)10-19(27)24(32)22(28)21-12-29-14(3)30(21)20-9-8-15(25)11-17(20)23(31)16-6-4-5-7-18(16)26/h4-9,11-13,19,22H,10,27-28H2,1-3H3/t19-,22?/m0/s1. The van der Waals surface area contributed by atoms with Gasteiger partial charge in [-0.15, -0.1) is 0 Å². The van der Waals surface area contributed by atoms with E-state index in [1.54, 1.807) is 29.7 Å². The minimum atomic E-state index is -1.04. The van der Waals surface area contributed by atoms with E-state index >= 15 is 0 Å². The van der Waals surface area contributed by atoms with Crippen LogP contribution in [0.2, 0.25) is 5.02 Å². The summed E-state index contributed by atoms with van der Waals surface area (Å²) >= 11 is 6.17. The van der Waals surface area contributed by atoms with Crippen molar-refractivity contribution in [1.82, 2.24) is 9.55 Å². The number of aromatic nitrogens is 2. The number of aryl methyl sites for hydroxylation is 1. The Kier molecular flexibility index (Phi) is 7.23. The summed E-state index contributed by atoms with van der Waals surface area (Å²) in [5, 5.41) is 0.312. The van der Waals surface area contributed by atoms with Crippen LogP contribution in [0.1, 0.15) is 53.7 Å². The van der Waals surface area contributed by atoms with Gasteiger partial charge in [-0.05, 0) is 49.6 Å². The number of hydrogen-bond acceptors (Lipinski definition) is 5. The van der Waals surface area contributed by atoms with E-state index in [9.17, 15) is 14.0 Å². The van der Waals surface area contributed by atoms with Crippen LogP contribution in [-0.4, -0.2) is 27.2 Å². The molecule has 0 radical (unpaired) electrons. The number of rotatable bonds is 8. The summed E-state index contributed by atoms with van der Waals surface area (Å²) in [7, 11) is 0. The highest BCUT2D eigenvalue weighted by atomic mass is 35.5. The van der Waals surface area contributed by atoms with E-state index in [1.807, 2.05) is 13.8 Å². The summed E-state index contributed by atoms with van der Waals surface area (Å²) in [5.41, 5.74) is 13.2. The van der Waals surface area contributed by atoms with Crippen LogP contribution < -0.4 is 11.5 Å². The van der Waals surface area contributed by atoms with Crippen LogP contribution in [0.15, 0.2) is 48.7 Å². The van der Waals surface area contributed by atoms with E-state index in [4.69, 9.17) is 23.1 Å². The predicted octanol–water partition coefficient (Wildman–Crippen LogP) is 4.15. The van der Waals surface area contributed by atoms with Crippen molar-refractivity contribution >= 4 is 23.2 Å². The Labute approximate surface area is 191 Å². The lowest BCUT2D eigenvalue weighted by Crippen LogP contribution is -2.39. The molecule has 2 atom stereocenters. The van der Waals surface area contributed by atoms with Crippen molar-refractivity contribution in [2.24, 2.45) is 17.4 Å². The minimum Gasteiger partial charge on any atom is -0.321 e. The van der Waals surface area contributed by atoms with Crippen molar-refractivity contribution in [3.05, 3.63) is 82.1 Å². The summed E-state index contributed by atoms with van der Waals surface area (Å²) in [6.07, 6.45) is 1.99. The van der Waals surface area contributed by atoms with Gasteiger partial charge < -0.3 is 11.5 Å². The Morgan fingerprint density at radius 3 is 2.47 bits per heavy atom. The molecule has 1 heterocycles. The molecule has 0 bridgehead atoms. The molecule has 1 unspecified atom stereocenters. The number of Topliss-reactive ketones (excluding diaryl/α,β-unsaturated/α-hetero) is 1. The molecule has 3 aromatic rings. The largest absolute Gasteiger partial charge is 0.321 e. The molecule has 168 valence electrons. The fourth-order valence-electron chi connectivity index (χ4n) is 3.67. The fraction of sp³-hybridized carbons (Fsp3) is 0.292. The lowest BCUT2D eigenvalue weighted by atomic mass is 9.95. The maximum absolute atomic E-state index is 14.3. The number of hydrogen-bond donors (Lipinski definition) is 2. The average molecular weight is 457 g/mol. The van der Waals surface area contributed by atoms with Gasteiger partial charge in [0.25, 0.3) is 0 Å². The molecule has 0 saturated carbocycles. The van der Waals surface area contributed by atoms with Crippen LogP contribution in [-0.2, 0) is 4.79 Å². The summed E-state index contributed by atoms with van der Waals surface area (Å²) in [6, 6.07) is 8.64. The second-order valence-corrected chi connectivity index (χ2v) is 8.59. The molecule has 4 N–H and O–H groups in total. The Balaban J connectivity index is 2.11. The average Bonchev–Trinajstić information content (AvgIpc) is 3.13. The van der Waals surface area contributed by atoms with Crippen molar-refractivity contribution < 1.29 is 14.0 Å². The lowest BCUT2D eigenvalue weighted by Gasteiger charge is -2.21. The number of ketones is 2. The molecule has 0 fully saturated rings. The first-order chi connectivity index (χ1) is 15.1. The van der Waals surface area contributed by atoms with Crippen LogP contribution in [0.3, 0.4) is 0 Å². The van der Waals surface area contributed by atoms with E-state index in [0.29, 0.717) is 28.6 Å². The topological polar surface area (TPSA) is 104 Å². The van der Waals surface area contributed by atoms with Gasteiger partial charge in [0.15, 0.2) is 11.6 Å². The first-order valence-electron chi connectivity index (χ1n) is 10.3. The van der Waals surface area contributed by atoms with Gasteiger partial charge in [-0.3, -0.25) is 14.2 Å². The zero-order valence-corrected chi connectivity index (χ0v) is 18.9. The highest BCUT2D eigenvalue weighted by Gasteiger charge is 2.28. The Morgan fingerprint density at radius 1 is 1.12 bits per heavy atom. The van der Waals surface area contributed by atoms with E-state index in [-0.39, 0.29) is 22.8 Å². The monoisotopic (exact) mass is 456 g/mol. The summed E-state index contributed by atoms with van der Waals surface area (Å²) in [6.45, 7) is 5.67. The van der Waals surface area contributed by atoms with Crippen LogP contribution in [0, 0.1) is 18.7 Å². The lowest BCUT2D eigenvalue weighted by molar-refractivity contribution is -0.122. The summed E-state index contributed by atoms with van der Waals surface area (Å²) < 4.78 is 16.0. The van der Waals surface area contributed by atoms with Crippen molar-refractivity contribution in [2.75, 3.05) is 0 Å². The number of nitrogens with two attached hydrogens (primary N) is 2. The molecule has 0 aliphatic heterocycles. The van der Waals surface area contributed by atoms with Crippen molar-refractivity contribution in [1.29, 1.82) is 0 Å². The molecule has 1 aromatic heterocycles. The fourth-order valence-corrected chi connectivity index (χ4v) is 3.84. The smallest absolute Gasteiger partial charge is 0.198 e. The molecule has 3 rings (SSSR count). The van der Waals surface area contributed by atoms with Crippen molar-refractivity contribution in [2.45, 2.75) is 39.3 Å². The van der Waals surface area contributed by atoms with Gasteiger partial charge in [0.05, 0.1) is 29.2 Å². The van der Waals surface area contributed by atoms with E-state index in [1.165, 1.54) is 30.5 Å². The summed E-state index contributed by atoms with van der Waals surface area (Å²) in [4.78, 5) is 30.4.